The van der Waals surface area contributed by atoms with Crippen molar-refractivity contribution >= 4 is 35.0 Å². The highest BCUT2D eigenvalue weighted by Crippen LogP contribution is 2.38. The molecule has 0 bridgehead atoms. The summed E-state index contributed by atoms with van der Waals surface area (Å²) in [6, 6.07) is 10.5. The summed E-state index contributed by atoms with van der Waals surface area (Å²) in [5.74, 6) is -1.33. The Balaban J connectivity index is 2.07. The first-order valence-electron chi connectivity index (χ1n) is 9.95. The van der Waals surface area contributed by atoms with Crippen LogP contribution in [0.5, 0.6) is 5.75 Å². The molecule has 2 aromatic carbocycles. The number of halogens is 4. The van der Waals surface area contributed by atoms with E-state index in [4.69, 9.17) is 16.3 Å². The van der Waals surface area contributed by atoms with E-state index in [1.165, 1.54) is 43.3 Å². The van der Waals surface area contributed by atoms with Gasteiger partial charge in [0.1, 0.15) is 5.75 Å². The predicted octanol–water partition coefficient (Wildman–Crippen LogP) is 3.70. The highest BCUT2D eigenvalue weighted by Gasteiger charge is 2.45. The number of allylic oxidation sites excluding steroid dienone is 1. The number of phenols is 1. The normalized spacial score (nSPS) is 16.3. The Kier molecular flexibility index (Phi) is 6.37. The maximum Gasteiger partial charge on any atom is 0.434 e. The van der Waals surface area contributed by atoms with E-state index in [-0.39, 0.29) is 27.3 Å². The van der Waals surface area contributed by atoms with Gasteiger partial charge in [-0.25, -0.2) is 9.79 Å². The lowest BCUT2D eigenvalue weighted by molar-refractivity contribution is -0.140. The third-order valence-electron chi connectivity index (χ3n) is 5.00. The zero-order valence-corrected chi connectivity index (χ0v) is 19.0. The number of benzene rings is 2. The third-order valence-corrected chi connectivity index (χ3v) is 6.24. The number of carbonyl (C=O) groups excluding carboxylic acids is 1. The minimum atomic E-state index is -4.99. The highest BCUT2D eigenvalue weighted by molar-refractivity contribution is 7.07. The Morgan fingerprint density at radius 2 is 1.91 bits per heavy atom. The predicted molar refractivity (Wildman–Crippen MR) is 120 cm³/mol. The molecule has 1 atom stereocenters. The molecule has 0 spiro atoms. The van der Waals surface area contributed by atoms with Crippen LogP contribution in [-0.2, 0) is 9.53 Å². The van der Waals surface area contributed by atoms with Gasteiger partial charge >= 0.3 is 12.1 Å². The van der Waals surface area contributed by atoms with Crippen molar-refractivity contribution < 1.29 is 27.8 Å². The zero-order valence-electron chi connectivity index (χ0n) is 17.5. The number of esters is 1. The van der Waals surface area contributed by atoms with E-state index in [9.17, 15) is 27.9 Å². The van der Waals surface area contributed by atoms with Crippen molar-refractivity contribution in [1.82, 2.24) is 4.57 Å². The van der Waals surface area contributed by atoms with E-state index in [0.717, 1.165) is 15.9 Å². The fraction of sp³-hybridized carbons (Fsp3) is 0.174. The molecule has 3 aromatic rings. The number of ether oxygens (including phenoxy) is 1. The summed E-state index contributed by atoms with van der Waals surface area (Å²) in [5.41, 5.74) is -2.37. The second kappa shape index (κ2) is 9.11. The summed E-state index contributed by atoms with van der Waals surface area (Å²) < 4.78 is 48.1. The summed E-state index contributed by atoms with van der Waals surface area (Å²) in [6.45, 7) is 1.29. The smallest absolute Gasteiger partial charge is 0.434 e. The van der Waals surface area contributed by atoms with E-state index in [1.807, 2.05) is 0 Å². The van der Waals surface area contributed by atoms with Gasteiger partial charge in [0.15, 0.2) is 10.5 Å². The van der Waals surface area contributed by atoms with Gasteiger partial charge in [-0.05, 0) is 36.8 Å². The van der Waals surface area contributed by atoms with Crippen LogP contribution in [0.4, 0.5) is 13.2 Å². The number of aromatic nitrogens is 1. The third kappa shape index (κ3) is 4.38. The Morgan fingerprint density at radius 1 is 1.24 bits per heavy atom. The van der Waals surface area contributed by atoms with Crippen LogP contribution in [0.2, 0.25) is 5.02 Å². The molecule has 2 heterocycles. The maximum absolute atomic E-state index is 14.0. The molecule has 0 saturated heterocycles. The summed E-state index contributed by atoms with van der Waals surface area (Å²) in [6.07, 6.45) is -3.63. The summed E-state index contributed by atoms with van der Waals surface area (Å²) >= 11 is 6.66. The molecule has 176 valence electrons. The average molecular weight is 509 g/mol. The maximum atomic E-state index is 14.0. The van der Waals surface area contributed by atoms with E-state index in [2.05, 4.69) is 4.99 Å². The van der Waals surface area contributed by atoms with Crippen molar-refractivity contribution in [2.75, 3.05) is 6.61 Å². The van der Waals surface area contributed by atoms with Crippen LogP contribution in [0.15, 0.2) is 69.6 Å². The molecular weight excluding hydrogens is 493 g/mol. The first kappa shape index (κ1) is 23.8. The minimum Gasteiger partial charge on any atom is -0.507 e. The first-order valence-corrected chi connectivity index (χ1v) is 11.1. The lowest BCUT2D eigenvalue weighted by Gasteiger charge is -2.26. The van der Waals surface area contributed by atoms with Crippen LogP contribution in [0.25, 0.3) is 6.08 Å². The van der Waals surface area contributed by atoms with Crippen molar-refractivity contribution in [3.63, 3.8) is 0 Å². The van der Waals surface area contributed by atoms with Gasteiger partial charge in [-0.1, -0.05) is 53.3 Å². The van der Waals surface area contributed by atoms with Gasteiger partial charge in [0.2, 0.25) is 0 Å². The molecule has 34 heavy (non-hydrogen) atoms. The number of aromatic hydroxyl groups is 1. The molecular formula is C23H16ClF3N2O4S. The van der Waals surface area contributed by atoms with Crippen LogP contribution in [0.1, 0.15) is 24.1 Å². The molecule has 11 heteroatoms. The van der Waals surface area contributed by atoms with Gasteiger partial charge in [0, 0.05) is 10.6 Å². The van der Waals surface area contributed by atoms with Crippen LogP contribution in [0, 0.1) is 0 Å². The second-order valence-electron chi connectivity index (χ2n) is 7.17. The van der Waals surface area contributed by atoms with E-state index >= 15 is 0 Å². The van der Waals surface area contributed by atoms with Crippen LogP contribution in [-0.4, -0.2) is 28.4 Å². The number of hydrogen-bond donors (Lipinski definition) is 1. The summed E-state index contributed by atoms with van der Waals surface area (Å²) in [5, 5.41) is 10.4. The van der Waals surface area contributed by atoms with Crippen LogP contribution in [0.3, 0.4) is 0 Å². The standard InChI is InChI=1S/C23H16ClF3N2O4S/c1-2-33-21(32)17-18(12-7-9-14(24)10-8-12)29-20(31)16(11-13-5-3-4-6-15(13)30)34-22(29)28-19(17)23(25,26)27/h3-11,18,30H,2H2,1H3/b16-11+/t18-/m0/s1. The van der Waals surface area contributed by atoms with Gasteiger partial charge in [0.05, 0.1) is 22.8 Å². The fourth-order valence-corrected chi connectivity index (χ4v) is 4.67. The van der Waals surface area contributed by atoms with Gasteiger partial charge in [-0.2, -0.15) is 13.2 Å². The molecule has 0 amide bonds. The summed E-state index contributed by atoms with van der Waals surface area (Å²) in [4.78, 5) is 29.6. The number of para-hydroxylation sites is 1. The fourth-order valence-electron chi connectivity index (χ4n) is 3.55. The molecule has 1 aliphatic heterocycles. The lowest BCUT2D eigenvalue weighted by atomic mass is 9.95. The van der Waals surface area contributed by atoms with Crippen LogP contribution >= 0.6 is 22.9 Å². The number of nitrogens with zero attached hydrogens (tertiary/aromatic N) is 2. The molecule has 0 aliphatic carbocycles. The Morgan fingerprint density at radius 3 is 2.53 bits per heavy atom. The molecule has 1 N–H and O–H groups in total. The molecule has 6 nitrogen and oxygen atoms in total. The van der Waals surface area contributed by atoms with Crippen LogP contribution < -0.4 is 14.9 Å². The van der Waals surface area contributed by atoms with E-state index in [1.54, 1.807) is 18.2 Å². The molecule has 0 fully saturated rings. The highest BCUT2D eigenvalue weighted by atomic mass is 35.5. The Hall–Kier alpha value is -3.37. The van der Waals surface area contributed by atoms with Gasteiger partial charge < -0.3 is 9.84 Å². The van der Waals surface area contributed by atoms with Crippen molar-refractivity contribution in [2.45, 2.75) is 19.1 Å². The number of fused-ring (bicyclic) bond motifs is 1. The quantitative estimate of drug-likeness (QED) is 0.545. The topological polar surface area (TPSA) is 80.9 Å². The van der Waals surface area contributed by atoms with Crippen molar-refractivity contribution in [3.05, 3.63) is 95.6 Å². The van der Waals surface area contributed by atoms with Gasteiger partial charge in [0.25, 0.3) is 5.56 Å². The van der Waals surface area contributed by atoms with Crippen molar-refractivity contribution in [1.29, 1.82) is 0 Å². The van der Waals surface area contributed by atoms with Gasteiger partial charge in [-0.15, -0.1) is 0 Å². The average Bonchev–Trinajstić information content (AvgIpc) is 3.09. The molecule has 0 radical (unpaired) electrons. The second-order valence-corrected chi connectivity index (χ2v) is 8.62. The number of rotatable bonds is 4. The van der Waals surface area contributed by atoms with Gasteiger partial charge in [-0.3, -0.25) is 9.36 Å². The number of hydrogen-bond acceptors (Lipinski definition) is 6. The summed E-state index contributed by atoms with van der Waals surface area (Å²) in [7, 11) is 0. The molecule has 1 aliphatic rings. The monoisotopic (exact) mass is 508 g/mol. The molecule has 0 saturated carbocycles. The number of thiazole rings is 1. The molecule has 0 unspecified atom stereocenters. The number of alkyl halides is 3. The van der Waals surface area contributed by atoms with E-state index in [0.29, 0.717) is 10.6 Å². The first-order chi connectivity index (χ1) is 16.1. The SMILES string of the molecule is CCOC(=O)C1=C(C(F)(F)F)N=c2s/c(=C/c3ccccc3O)c(=O)n2[C@H]1c1ccc(Cl)cc1. The van der Waals surface area contributed by atoms with E-state index < -0.39 is 35.0 Å². The Bertz CT molecular complexity index is 1470. The Labute approximate surface area is 199 Å². The lowest BCUT2D eigenvalue weighted by Crippen LogP contribution is -2.41. The van der Waals surface area contributed by atoms with Crippen molar-refractivity contribution in [2.24, 2.45) is 4.99 Å². The largest absolute Gasteiger partial charge is 0.507 e. The number of phenolic OH excluding ortho intramolecular Hbond substituents is 1. The molecule has 4 rings (SSSR count). The minimum absolute atomic E-state index is 0.0332. The number of carbonyl (C=O) groups is 1. The zero-order chi connectivity index (χ0) is 24.6. The molecule has 1 aromatic heterocycles. The van der Waals surface area contributed by atoms with Crippen molar-refractivity contribution in [3.8, 4) is 5.75 Å².